The predicted octanol–water partition coefficient (Wildman–Crippen LogP) is 4.95. The van der Waals surface area contributed by atoms with Gasteiger partial charge in [0.1, 0.15) is 12.2 Å². The first-order chi connectivity index (χ1) is 46.2. The Bertz CT molecular complexity index is 4060. The van der Waals surface area contributed by atoms with Gasteiger partial charge in [-0.05, 0) is 99.6 Å². The van der Waals surface area contributed by atoms with E-state index in [0.717, 1.165) is 101 Å². The second kappa shape index (κ2) is 27.9. The molecule has 10 N–H and O–H groups in total. The lowest BCUT2D eigenvalue weighted by atomic mass is 9.50. The molecule has 5 aromatic rings. The van der Waals surface area contributed by atoms with Crippen molar-refractivity contribution < 1.29 is 137 Å². The number of carbonyl (C=O) groups is 7. The number of fused-ring (bicyclic) bond motifs is 2. The van der Waals surface area contributed by atoms with Crippen LogP contribution in [0.3, 0.4) is 0 Å². The van der Waals surface area contributed by atoms with Crippen LogP contribution >= 0.6 is 0 Å². The maximum absolute atomic E-state index is 16.0. The molecular weight excluding hydrogens is 1280 g/mol. The summed E-state index contributed by atoms with van der Waals surface area (Å²) in [7, 11) is 6.63. The molecule has 28 nitrogen and oxygen atoms in total. The molecular formula is C69H68O28. The van der Waals surface area contributed by atoms with Gasteiger partial charge in [0.15, 0.2) is 57.5 Å². The van der Waals surface area contributed by atoms with E-state index >= 15 is 9.59 Å². The van der Waals surface area contributed by atoms with Gasteiger partial charge >= 0.3 is 41.8 Å². The van der Waals surface area contributed by atoms with Gasteiger partial charge in [0.25, 0.3) is 0 Å². The lowest BCUT2D eigenvalue weighted by Crippen LogP contribution is -2.80. The number of hydrogen-bond acceptors (Lipinski definition) is 28. The third kappa shape index (κ3) is 13.1. The molecule has 1 saturated heterocycles. The minimum atomic E-state index is -2.37. The van der Waals surface area contributed by atoms with Gasteiger partial charge in [-0.3, -0.25) is 9.59 Å². The molecule has 1 aliphatic heterocycles. The zero-order valence-corrected chi connectivity index (χ0v) is 52.6. The summed E-state index contributed by atoms with van der Waals surface area (Å²) in [5, 5.41) is 105. The van der Waals surface area contributed by atoms with Gasteiger partial charge in [0, 0.05) is 69.3 Å². The fourth-order valence-electron chi connectivity index (χ4n) is 14.1. The fourth-order valence-corrected chi connectivity index (χ4v) is 14.1. The van der Waals surface area contributed by atoms with Crippen LogP contribution in [0.1, 0.15) is 39.7 Å². The van der Waals surface area contributed by atoms with Crippen LogP contribution in [0.15, 0.2) is 139 Å². The quantitative estimate of drug-likeness (QED) is 0.0190. The molecule has 7 aliphatic rings. The summed E-state index contributed by atoms with van der Waals surface area (Å²) < 4.78 is 66.6. The van der Waals surface area contributed by atoms with Crippen molar-refractivity contribution in [2.24, 2.45) is 35.5 Å². The number of phenolic OH excluding ortho intramolecular Hbond substituents is 10. The van der Waals surface area contributed by atoms with E-state index in [9.17, 15) is 75.0 Å². The summed E-state index contributed by atoms with van der Waals surface area (Å²) in [6.45, 7) is 0. The van der Waals surface area contributed by atoms with Gasteiger partial charge in [0.05, 0.1) is 52.1 Å². The minimum absolute atomic E-state index is 0.0291. The fraction of sp³-hybridized carbons (Fsp3) is 0.348. The molecule has 12 rings (SSSR count). The standard InChI is InChI=1S/C69H68O28/c1-87-53(80)19-12-36-27-38-55(34-10-17-43(73)48(78)29-34)57(66(85)94-51(64(83)89-3)25-32-8-15-41(71)46(76)22-32)59(36)68(91-5)61(38)97-69(92-6)60-37(13-20-54(81)93-50(63(82)88-2)24-31-7-14-40(70)45(75)21-31)28-39(62(69)96-68)56(35-11-18-44(74)49(79)30-35)58(60)67(86)95-52(65(84)90-4)26-33-9-16-42(72)47(77)23-33/h7-23,27-30,38-39,50-52,55-62,70-79H,24-26H2,1-6H3/b19-12+,20-13+/t38-,39-,50?,51?,52?,55-,56-,57+,58+,59+,60+,61-,62-,68+,69+/m0/s1. The lowest BCUT2D eigenvalue weighted by molar-refractivity contribution is -0.482. The molecule has 5 aromatic carbocycles. The molecule has 3 unspecified atom stereocenters. The second-order valence-corrected chi connectivity index (χ2v) is 23.6. The summed E-state index contributed by atoms with van der Waals surface area (Å²) in [4.78, 5) is 99.9. The van der Waals surface area contributed by atoms with Crippen molar-refractivity contribution in [3.63, 3.8) is 0 Å². The minimum Gasteiger partial charge on any atom is -0.504 e. The van der Waals surface area contributed by atoms with Crippen LogP contribution in [-0.4, -0.2) is 178 Å². The average Bonchev–Trinajstić information content (AvgIpc) is 0.664. The molecule has 28 heteroatoms. The Morgan fingerprint density at radius 1 is 0.412 bits per heavy atom. The molecule has 0 spiro atoms. The van der Waals surface area contributed by atoms with Gasteiger partial charge in [-0.15, -0.1) is 0 Å². The van der Waals surface area contributed by atoms with E-state index in [1.54, 1.807) is 12.2 Å². The van der Waals surface area contributed by atoms with E-state index in [4.69, 9.17) is 52.1 Å². The first-order valence-electron chi connectivity index (χ1n) is 30.0. The number of esters is 7. The largest absolute Gasteiger partial charge is 0.504 e. The van der Waals surface area contributed by atoms with E-state index < -0.39 is 202 Å². The van der Waals surface area contributed by atoms with Crippen LogP contribution in [-0.2, 0) is 105 Å². The van der Waals surface area contributed by atoms with Gasteiger partial charge in [-0.25, -0.2) is 24.0 Å². The number of benzene rings is 5. The topological polar surface area (TPSA) is 423 Å². The van der Waals surface area contributed by atoms with Gasteiger partial charge in [-0.1, -0.05) is 54.6 Å². The SMILES string of the molecule is COC(=O)/C=C/C1=C[C@H]2[C@H](c3ccc(O)c(O)c3)[C@@H](C(=O)OC(Cc3ccc(O)c(O)c3)C(=O)OC)[C@@H]1[C@@]1(OC)O[C@H]3[C@H]4C=C(/C=C/C(=O)OC(Cc5ccc(O)c(O)c5)C(=O)OC)[C@H]([C@H](C(=O)OC(Cc5ccc(O)c(O)c5)C(=O)OC)[C@H]4c4ccc(O)c(O)c4)[C@@]3(OC)O[C@@H]21. The molecule has 512 valence electrons. The van der Waals surface area contributed by atoms with Crippen molar-refractivity contribution >= 4 is 41.8 Å². The molecule has 0 amide bonds. The first-order valence-corrected chi connectivity index (χ1v) is 30.0. The predicted molar refractivity (Wildman–Crippen MR) is 328 cm³/mol. The third-order valence-corrected chi connectivity index (χ3v) is 18.3. The van der Waals surface area contributed by atoms with Gasteiger partial charge in [-0.2, -0.15) is 0 Å². The molecule has 97 heavy (non-hydrogen) atoms. The molecule has 2 saturated carbocycles. The van der Waals surface area contributed by atoms with E-state index in [2.05, 4.69) is 0 Å². The highest BCUT2D eigenvalue weighted by molar-refractivity contribution is 5.88. The first kappa shape index (κ1) is 69.0. The zero-order valence-electron chi connectivity index (χ0n) is 52.6. The Morgan fingerprint density at radius 2 is 0.732 bits per heavy atom. The van der Waals surface area contributed by atoms with Crippen LogP contribution in [0.4, 0.5) is 0 Å². The van der Waals surface area contributed by atoms with Crippen LogP contribution in [0.25, 0.3) is 0 Å². The Hall–Kier alpha value is -10.8. The summed E-state index contributed by atoms with van der Waals surface area (Å²) >= 11 is 0. The summed E-state index contributed by atoms with van der Waals surface area (Å²) in [5.74, 6) is -29.9. The number of carbonyl (C=O) groups excluding carboxylic acids is 7. The molecule has 0 aromatic heterocycles. The van der Waals surface area contributed by atoms with Crippen molar-refractivity contribution in [1.29, 1.82) is 0 Å². The molecule has 6 aliphatic carbocycles. The second-order valence-electron chi connectivity index (χ2n) is 23.6. The van der Waals surface area contributed by atoms with Crippen LogP contribution in [0, 0.1) is 35.5 Å². The average molecular weight is 1350 g/mol. The molecule has 3 fully saturated rings. The van der Waals surface area contributed by atoms with E-state index in [1.807, 2.05) is 0 Å². The summed E-state index contributed by atoms with van der Waals surface area (Å²) in [6.07, 6.45) is -2.09. The van der Waals surface area contributed by atoms with Crippen LogP contribution in [0.2, 0.25) is 0 Å². The third-order valence-electron chi connectivity index (χ3n) is 18.3. The monoisotopic (exact) mass is 1340 g/mol. The number of aromatic hydroxyl groups is 10. The van der Waals surface area contributed by atoms with Crippen molar-refractivity contribution in [2.75, 3.05) is 42.7 Å². The van der Waals surface area contributed by atoms with Crippen molar-refractivity contribution in [1.82, 2.24) is 0 Å². The highest BCUT2D eigenvalue weighted by Crippen LogP contribution is 2.69. The van der Waals surface area contributed by atoms with Gasteiger partial charge in [0.2, 0.25) is 29.9 Å². The van der Waals surface area contributed by atoms with E-state index in [0.29, 0.717) is 0 Å². The summed E-state index contributed by atoms with van der Waals surface area (Å²) in [5.41, 5.74) is 0.996. The highest BCUT2D eigenvalue weighted by atomic mass is 16.8. The van der Waals surface area contributed by atoms with Gasteiger partial charge < -0.3 is 103 Å². The number of allylic oxidation sites excluding steroid dienone is 2. The van der Waals surface area contributed by atoms with E-state index in [-0.39, 0.29) is 45.4 Å². The Balaban J connectivity index is 1.17. The number of rotatable bonds is 22. The van der Waals surface area contributed by atoms with Crippen LogP contribution in [0.5, 0.6) is 57.5 Å². The normalized spacial score (nSPS) is 26.0. The summed E-state index contributed by atoms with van der Waals surface area (Å²) in [6, 6.07) is 18.2. The molecule has 1 heterocycles. The molecule has 0 radical (unpaired) electrons. The molecule has 4 bridgehead atoms. The van der Waals surface area contributed by atoms with Crippen LogP contribution < -0.4 is 0 Å². The van der Waals surface area contributed by atoms with E-state index in [1.165, 1.54) is 56.7 Å². The number of ether oxygens (including phenoxy) is 11. The Labute approximate surface area is 551 Å². The van der Waals surface area contributed by atoms with Crippen molar-refractivity contribution in [3.8, 4) is 57.5 Å². The Morgan fingerprint density at radius 3 is 1.04 bits per heavy atom. The number of hydrogen-bond donors (Lipinski definition) is 10. The molecule has 15 atom stereocenters. The van der Waals surface area contributed by atoms with Crippen molar-refractivity contribution in [2.45, 2.75) is 73.2 Å². The number of phenols is 10. The number of methoxy groups -OCH3 is 6. The maximum Gasteiger partial charge on any atom is 0.347 e. The van der Waals surface area contributed by atoms with Crippen molar-refractivity contribution in [3.05, 3.63) is 166 Å². The zero-order chi connectivity index (χ0) is 70.1. The maximum atomic E-state index is 16.0. The smallest absolute Gasteiger partial charge is 0.347 e. The lowest BCUT2D eigenvalue weighted by Gasteiger charge is -2.69. The Kier molecular flexibility index (Phi) is 19.8. The highest BCUT2D eigenvalue weighted by Gasteiger charge is 2.78.